The molecule has 3 rings (SSSR count). The number of nitrogens with zero attached hydrogens (tertiary/aromatic N) is 1. The highest BCUT2D eigenvalue weighted by Crippen LogP contribution is 2.28. The second-order valence-electron chi connectivity index (χ2n) is 5.84. The van der Waals surface area contributed by atoms with Gasteiger partial charge in [-0.2, -0.15) is 4.94 Å². The summed E-state index contributed by atoms with van der Waals surface area (Å²) in [6.45, 7) is 1.67. The zero-order valence-electron chi connectivity index (χ0n) is 11.9. The number of hydrogen-bond donors (Lipinski definition) is 3. The molecule has 0 amide bonds. The molecule has 0 aromatic carbocycles. The fourth-order valence-electron chi connectivity index (χ4n) is 3.11. The fourth-order valence-corrected chi connectivity index (χ4v) is 3.11. The third-order valence-electron chi connectivity index (χ3n) is 4.26. The number of carbonyl (C=O) groups is 1. The van der Waals surface area contributed by atoms with Gasteiger partial charge in [-0.05, 0) is 49.5 Å². The SMILES string of the molecule is O=C(O)C1CCCC(CNCC2=CC3=CNON3C=C2)C1. The van der Waals surface area contributed by atoms with Gasteiger partial charge in [0, 0.05) is 12.7 Å². The standard InChI is InChI=1S/C15H21N3O3/c19-15(20)13-3-1-2-11(6-13)8-16-9-12-4-5-18-14(7-12)10-17-21-18/h4-5,7,10-11,13,16-17H,1-3,6,8-9H2,(H,19,20). The number of allylic oxidation sites excluding steroid dienone is 1. The van der Waals surface area contributed by atoms with Gasteiger partial charge in [0.1, 0.15) is 0 Å². The Morgan fingerprint density at radius 1 is 1.52 bits per heavy atom. The largest absolute Gasteiger partial charge is 0.481 e. The summed E-state index contributed by atoms with van der Waals surface area (Å²) in [4.78, 5) is 16.2. The molecule has 0 radical (unpaired) electrons. The van der Waals surface area contributed by atoms with Gasteiger partial charge in [-0.1, -0.05) is 6.42 Å². The van der Waals surface area contributed by atoms with Gasteiger partial charge in [-0.15, -0.1) is 0 Å². The molecule has 0 bridgehead atoms. The normalized spacial score (nSPS) is 27.7. The zero-order valence-corrected chi connectivity index (χ0v) is 11.9. The molecule has 3 N–H and O–H groups in total. The van der Waals surface area contributed by atoms with Crippen LogP contribution >= 0.6 is 0 Å². The number of carboxylic acid groups (broad SMARTS) is 1. The Balaban J connectivity index is 1.44. The minimum Gasteiger partial charge on any atom is -0.481 e. The van der Waals surface area contributed by atoms with E-state index in [1.165, 1.54) is 5.57 Å². The Labute approximate surface area is 124 Å². The molecule has 6 heteroatoms. The summed E-state index contributed by atoms with van der Waals surface area (Å²) in [6.07, 6.45) is 11.5. The lowest BCUT2D eigenvalue weighted by Gasteiger charge is -2.27. The van der Waals surface area contributed by atoms with E-state index in [-0.39, 0.29) is 5.92 Å². The molecule has 1 aliphatic carbocycles. The highest BCUT2D eigenvalue weighted by Gasteiger charge is 2.26. The van der Waals surface area contributed by atoms with Crippen molar-refractivity contribution in [1.29, 1.82) is 0 Å². The van der Waals surface area contributed by atoms with Gasteiger partial charge >= 0.3 is 5.97 Å². The van der Waals surface area contributed by atoms with Crippen molar-refractivity contribution in [2.75, 3.05) is 13.1 Å². The van der Waals surface area contributed by atoms with Gasteiger partial charge in [-0.3, -0.25) is 4.79 Å². The van der Waals surface area contributed by atoms with Gasteiger partial charge in [-0.25, -0.2) is 10.5 Å². The Bertz CT molecular complexity index is 498. The van der Waals surface area contributed by atoms with E-state index in [0.717, 1.165) is 44.5 Å². The van der Waals surface area contributed by atoms with Crippen LogP contribution in [0.5, 0.6) is 0 Å². The van der Waals surface area contributed by atoms with Gasteiger partial charge in [0.05, 0.1) is 17.8 Å². The van der Waals surface area contributed by atoms with Crippen molar-refractivity contribution in [3.8, 4) is 0 Å². The molecule has 1 fully saturated rings. The molecule has 3 aliphatic rings. The average molecular weight is 291 g/mol. The molecule has 2 atom stereocenters. The molecule has 0 aromatic heterocycles. The average Bonchev–Trinajstić information content (AvgIpc) is 2.95. The van der Waals surface area contributed by atoms with Crippen LogP contribution in [0.4, 0.5) is 0 Å². The van der Waals surface area contributed by atoms with Crippen molar-refractivity contribution in [3.63, 3.8) is 0 Å². The monoisotopic (exact) mass is 291 g/mol. The topological polar surface area (TPSA) is 73.8 Å². The molecule has 1 saturated carbocycles. The maximum atomic E-state index is 11.1. The first kappa shape index (κ1) is 14.2. The van der Waals surface area contributed by atoms with Crippen molar-refractivity contribution < 1.29 is 14.8 Å². The lowest BCUT2D eigenvalue weighted by molar-refractivity contribution is -0.143. The van der Waals surface area contributed by atoms with Gasteiger partial charge in [0.15, 0.2) is 0 Å². The van der Waals surface area contributed by atoms with Gasteiger partial charge in [0.25, 0.3) is 0 Å². The van der Waals surface area contributed by atoms with E-state index in [9.17, 15) is 4.79 Å². The lowest BCUT2D eigenvalue weighted by atomic mass is 9.81. The van der Waals surface area contributed by atoms with E-state index in [1.807, 2.05) is 18.5 Å². The number of nitrogens with one attached hydrogen (secondary N) is 2. The van der Waals surface area contributed by atoms with Gasteiger partial charge < -0.3 is 10.4 Å². The summed E-state index contributed by atoms with van der Waals surface area (Å²) in [6, 6.07) is 0. The lowest BCUT2D eigenvalue weighted by Crippen LogP contribution is -2.31. The van der Waals surface area contributed by atoms with Crippen molar-refractivity contribution in [2.24, 2.45) is 11.8 Å². The molecule has 6 nitrogen and oxygen atoms in total. The maximum Gasteiger partial charge on any atom is 0.306 e. The molecule has 2 aliphatic heterocycles. The number of carboxylic acids is 1. The quantitative estimate of drug-likeness (QED) is 0.713. The van der Waals surface area contributed by atoms with Crippen LogP contribution in [-0.2, 0) is 9.73 Å². The Morgan fingerprint density at radius 2 is 2.43 bits per heavy atom. The first-order chi connectivity index (χ1) is 10.2. The summed E-state index contributed by atoms with van der Waals surface area (Å²) < 4.78 is 0. The molecular weight excluding hydrogens is 270 g/mol. The molecular formula is C15H21N3O3. The Morgan fingerprint density at radius 3 is 3.29 bits per heavy atom. The number of fused-ring (bicyclic) bond motifs is 1. The summed E-state index contributed by atoms with van der Waals surface area (Å²) >= 11 is 0. The summed E-state index contributed by atoms with van der Waals surface area (Å²) in [7, 11) is 0. The van der Waals surface area contributed by atoms with E-state index >= 15 is 0 Å². The van der Waals surface area contributed by atoms with E-state index in [4.69, 9.17) is 10.0 Å². The van der Waals surface area contributed by atoms with Crippen molar-refractivity contribution in [2.45, 2.75) is 25.7 Å². The van der Waals surface area contributed by atoms with Crippen molar-refractivity contribution >= 4 is 5.97 Å². The predicted octanol–water partition coefficient (Wildman–Crippen LogP) is 1.51. The number of aliphatic carboxylic acids is 1. The second kappa shape index (κ2) is 6.32. The molecule has 0 aromatic rings. The minimum atomic E-state index is -0.640. The van der Waals surface area contributed by atoms with Crippen LogP contribution in [0, 0.1) is 11.8 Å². The van der Waals surface area contributed by atoms with E-state index in [1.54, 1.807) is 5.06 Å². The number of rotatable bonds is 5. The second-order valence-corrected chi connectivity index (χ2v) is 5.84. The third kappa shape index (κ3) is 3.46. The van der Waals surface area contributed by atoms with Crippen molar-refractivity contribution in [3.05, 3.63) is 35.8 Å². The first-order valence-corrected chi connectivity index (χ1v) is 7.46. The number of hydroxylamine groups is 3. The summed E-state index contributed by atoms with van der Waals surface area (Å²) in [5.74, 6) is -0.321. The van der Waals surface area contributed by atoms with Crippen LogP contribution in [0.1, 0.15) is 25.7 Å². The predicted molar refractivity (Wildman–Crippen MR) is 77.3 cm³/mol. The maximum absolute atomic E-state index is 11.1. The van der Waals surface area contributed by atoms with E-state index in [0.29, 0.717) is 5.92 Å². The third-order valence-corrected chi connectivity index (χ3v) is 4.26. The number of hydrogen-bond acceptors (Lipinski definition) is 5. The van der Waals surface area contributed by atoms with Crippen LogP contribution < -0.4 is 10.8 Å². The fraction of sp³-hybridized carbons (Fsp3) is 0.533. The highest BCUT2D eigenvalue weighted by atomic mass is 16.8. The summed E-state index contributed by atoms with van der Waals surface area (Å²) in [5, 5.41) is 14.2. The Kier molecular flexibility index (Phi) is 4.26. The zero-order chi connectivity index (χ0) is 14.7. The van der Waals surface area contributed by atoms with Crippen LogP contribution in [0.25, 0.3) is 0 Å². The molecule has 21 heavy (non-hydrogen) atoms. The van der Waals surface area contributed by atoms with Crippen molar-refractivity contribution in [1.82, 2.24) is 15.9 Å². The minimum absolute atomic E-state index is 0.153. The molecule has 114 valence electrons. The molecule has 2 heterocycles. The van der Waals surface area contributed by atoms with Crippen LogP contribution in [0.3, 0.4) is 0 Å². The van der Waals surface area contributed by atoms with Crippen LogP contribution in [0.2, 0.25) is 0 Å². The van der Waals surface area contributed by atoms with Crippen LogP contribution in [0.15, 0.2) is 35.8 Å². The highest BCUT2D eigenvalue weighted by molar-refractivity contribution is 5.70. The van der Waals surface area contributed by atoms with E-state index in [2.05, 4.69) is 16.9 Å². The van der Waals surface area contributed by atoms with E-state index < -0.39 is 5.97 Å². The first-order valence-electron chi connectivity index (χ1n) is 7.46. The molecule has 0 saturated heterocycles. The van der Waals surface area contributed by atoms with Crippen LogP contribution in [-0.4, -0.2) is 29.2 Å². The summed E-state index contributed by atoms with van der Waals surface area (Å²) in [5.41, 5.74) is 4.87. The Hall–Kier alpha value is -1.79. The van der Waals surface area contributed by atoms with Gasteiger partial charge in [0.2, 0.25) is 0 Å². The molecule has 0 spiro atoms. The molecule has 2 unspecified atom stereocenters. The smallest absolute Gasteiger partial charge is 0.306 e.